The number of halogens is 5. The predicted molar refractivity (Wildman–Crippen MR) is 135 cm³/mol. The number of hydrogen-bond acceptors (Lipinski definition) is 5. The van der Waals surface area contributed by atoms with Gasteiger partial charge in [0, 0.05) is 43.0 Å². The zero-order valence-corrected chi connectivity index (χ0v) is 21.4. The maximum absolute atomic E-state index is 15.0. The molecule has 1 saturated heterocycles. The first-order valence-corrected chi connectivity index (χ1v) is 12.7. The largest absolute Gasteiger partial charge is 0.377 e. The molecule has 0 radical (unpaired) electrons. The topological polar surface area (TPSA) is 101 Å². The van der Waals surface area contributed by atoms with Gasteiger partial charge in [-0.1, -0.05) is 6.07 Å². The van der Waals surface area contributed by atoms with Crippen LogP contribution in [0.2, 0.25) is 0 Å². The van der Waals surface area contributed by atoms with Crippen LogP contribution >= 0.6 is 0 Å². The van der Waals surface area contributed by atoms with E-state index in [0.717, 1.165) is 11.0 Å². The van der Waals surface area contributed by atoms with Crippen molar-refractivity contribution in [3.63, 3.8) is 0 Å². The van der Waals surface area contributed by atoms with Crippen LogP contribution in [0, 0.1) is 5.82 Å². The minimum atomic E-state index is -4.25. The number of rotatable bonds is 2. The molecule has 4 aromatic rings. The number of imidazole rings is 1. The lowest BCUT2D eigenvalue weighted by molar-refractivity contribution is -0.400. The third-order valence-electron chi connectivity index (χ3n) is 7.45. The van der Waals surface area contributed by atoms with Gasteiger partial charge < -0.3 is 14.4 Å². The molecule has 0 atom stereocenters. The number of ether oxygens (including phenoxy) is 1. The van der Waals surface area contributed by atoms with Gasteiger partial charge in [0.25, 0.3) is 11.8 Å². The molecule has 10 nitrogen and oxygen atoms in total. The Bertz CT molecular complexity index is 1860. The molecule has 1 fully saturated rings. The summed E-state index contributed by atoms with van der Waals surface area (Å²) in [6.07, 6.45) is -3.81. The number of pyridine rings is 1. The molecular formula is C27H19F5N6O4. The molecule has 7 rings (SSSR count). The number of carbonyl (C=O) groups is 3. The summed E-state index contributed by atoms with van der Waals surface area (Å²) in [6.45, 7) is -3.05. The monoisotopic (exact) mass is 586 g/mol. The molecule has 0 aliphatic carbocycles. The molecule has 0 bridgehead atoms. The summed E-state index contributed by atoms with van der Waals surface area (Å²) in [5.74, 6) is -2.06. The summed E-state index contributed by atoms with van der Waals surface area (Å²) in [6, 6.07) is 6.49. The Kier molecular flexibility index (Phi) is 5.51. The third-order valence-corrected chi connectivity index (χ3v) is 7.45. The second kappa shape index (κ2) is 8.85. The number of hydrogen-bond donors (Lipinski definition) is 1. The van der Waals surface area contributed by atoms with Crippen LogP contribution in [0.25, 0.3) is 27.7 Å². The van der Waals surface area contributed by atoms with Gasteiger partial charge in [-0.15, -0.1) is 0 Å². The Labute approximate surface area is 232 Å². The first kappa shape index (κ1) is 26.1. The van der Waals surface area contributed by atoms with E-state index in [1.165, 1.54) is 12.3 Å². The highest BCUT2D eigenvalue weighted by molar-refractivity contribution is 6.49. The lowest BCUT2D eigenvalue weighted by atomic mass is 9.98. The van der Waals surface area contributed by atoms with Crippen LogP contribution in [0.15, 0.2) is 48.9 Å². The lowest BCUT2D eigenvalue weighted by Crippen LogP contribution is -2.59. The Morgan fingerprint density at radius 3 is 2.48 bits per heavy atom. The van der Waals surface area contributed by atoms with Crippen molar-refractivity contribution >= 4 is 45.5 Å². The minimum Gasteiger partial charge on any atom is -0.345 e. The molecule has 3 aliphatic heterocycles. The highest BCUT2D eigenvalue weighted by Crippen LogP contribution is 2.39. The predicted octanol–water partition coefficient (Wildman–Crippen LogP) is 3.45. The van der Waals surface area contributed by atoms with Gasteiger partial charge in [-0.05, 0) is 29.8 Å². The van der Waals surface area contributed by atoms with E-state index in [0.29, 0.717) is 21.8 Å². The van der Waals surface area contributed by atoms with E-state index in [1.807, 2.05) is 0 Å². The van der Waals surface area contributed by atoms with E-state index in [4.69, 9.17) is 0 Å². The second-order valence-corrected chi connectivity index (χ2v) is 10.2. The van der Waals surface area contributed by atoms with Gasteiger partial charge in [0.15, 0.2) is 0 Å². The Hall–Kier alpha value is -4.79. The van der Waals surface area contributed by atoms with E-state index in [1.54, 1.807) is 39.6 Å². The molecule has 1 aromatic carbocycles. The Morgan fingerprint density at radius 1 is 0.976 bits per heavy atom. The number of amides is 4. The lowest BCUT2D eigenvalue weighted by Gasteiger charge is -2.39. The van der Waals surface area contributed by atoms with Gasteiger partial charge in [0.2, 0.25) is 0 Å². The molecule has 3 aromatic heterocycles. The van der Waals surface area contributed by atoms with Crippen LogP contribution in [-0.4, -0.2) is 73.4 Å². The molecule has 3 aliphatic rings. The van der Waals surface area contributed by atoms with Gasteiger partial charge in [0.1, 0.15) is 24.6 Å². The number of benzene rings is 1. The number of urea groups is 1. The summed E-state index contributed by atoms with van der Waals surface area (Å²) >= 11 is 0. The van der Waals surface area contributed by atoms with Crippen LogP contribution in [0.1, 0.15) is 16.8 Å². The molecule has 4 amide bonds. The molecule has 0 saturated carbocycles. The summed E-state index contributed by atoms with van der Waals surface area (Å²) in [5, 5.41) is 2.58. The molecular weight excluding hydrogens is 567 g/mol. The quantitative estimate of drug-likeness (QED) is 0.287. The molecule has 6 heterocycles. The molecule has 42 heavy (non-hydrogen) atoms. The van der Waals surface area contributed by atoms with Crippen molar-refractivity contribution in [2.75, 3.05) is 19.6 Å². The number of carbonyl (C=O) groups excluding carboxylic acids is 3. The van der Waals surface area contributed by atoms with Crippen molar-refractivity contribution in [2.24, 2.45) is 0 Å². The van der Waals surface area contributed by atoms with Gasteiger partial charge in [-0.3, -0.25) is 24.0 Å². The van der Waals surface area contributed by atoms with Gasteiger partial charge in [-0.2, -0.15) is 17.6 Å². The van der Waals surface area contributed by atoms with Crippen molar-refractivity contribution in [3.05, 3.63) is 71.6 Å². The molecule has 15 heteroatoms. The van der Waals surface area contributed by atoms with Gasteiger partial charge in [0.05, 0.1) is 28.6 Å². The molecule has 0 unspecified atom stereocenters. The van der Waals surface area contributed by atoms with E-state index in [2.05, 4.69) is 15.0 Å². The van der Waals surface area contributed by atoms with Gasteiger partial charge in [-0.25, -0.2) is 14.2 Å². The highest BCUT2D eigenvalue weighted by Gasteiger charge is 2.53. The van der Waals surface area contributed by atoms with E-state index in [-0.39, 0.29) is 47.3 Å². The number of fused-ring (bicyclic) bond motifs is 1. The number of morpholine rings is 1. The minimum absolute atomic E-state index is 0.0113. The highest BCUT2D eigenvalue weighted by atomic mass is 19.3. The Balaban J connectivity index is 1.32. The van der Waals surface area contributed by atoms with E-state index >= 15 is 4.39 Å². The number of alkyl halides is 4. The molecule has 1 N–H and O–H groups in total. The van der Waals surface area contributed by atoms with Crippen LogP contribution < -0.4 is 5.32 Å². The van der Waals surface area contributed by atoms with Crippen LogP contribution in [0.4, 0.5) is 26.7 Å². The van der Waals surface area contributed by atoms with Crippen molar-refractivity contribution in [3.8, 4) is 0 Å². The van der Waals surface area contributed by atoms with E-state index < -0.39 is 49.0 Å². The fourth-order valence-electron chi connectivity index (χ4n) is 5.86. The van der Waals surface area contributed by atoms with Crippen molar-refractivity contribution in [1.82, 2.24) is 29.1 Å². The maximum Gasteiger partial charge on any atom is 0.377 e. The first-order chi connectivity index (χ1) is 19.9. The number of nitrogens with one attached hydrogen (secondary N) is 1. The Morgan fingerprint density at radius 2 is 1.71 bits per heavy atom. The second-order valence-electron chi connectivity index (χ2n) is 10.2. The van der Waals surface area contributed by atoms with Crippen molar-refractivity contribution < 1.29 is 41.1 Å². The molecule has 216 valence electrons. The van der Waals surface area contributed by atoms with Crippen LogP contribution in [0.3, 0.4) is 0 Å². The molecule has 0 spiro atoms. The number of imide groups is 1. The SMILES string of the molecule is O=C1NC(=O)C(c2cnc3ccccn23)=C1c1cn2c3c(cc(F)cc13)CN(C(=O)N1CC(F)(F)OC(F)(F)C1)CC2. The zero-order valence-electron chi connectivity index (χ0n) is 21.4. The maximum atomic E-state index is 15.0. The van der Waals surface area contributed by atoms with Crippen molar-refractivity contribution in [1.29, 1.82) is 0 Å². The normalized spacial score (nSPS) is 20.0. The van der Waals surface area contributed by atoms with Crippen molar-refractivity contribution in [2.45, 2.75) is 25.3 Å². The third kappa shape index (κ3) is 4.10. The van der Waals surface area contributed by atoms with E-state index in [9.17, 15) is 31.9 Å². The number of aromatic nitrogens is 3. The summed E-state index contributed by atoms with van der Waals surface area (Å²) in [5.41, 5.74) is 1.92. The average Bonchev–Trinajstić information content (AvgIpc) is 3.52. The average molecular weight is 586 g/mol. The van der Waals surface area contributed by atoms with Crippen LogP contribution in [-0.2, 0) is 27.4 Å². The summed E-state index contributed by atoms with van der Waals surface area (Å²) in [7, 11) is 0. The fourth-order valence-corrected chi connectivity index (χ4v) is 5.86. The fraction of sp³-hybridized carbons (Fsp3) is 0.259. The van der Waals surface area contributed by atoms with Crippen LogP contribution in [0.5, 0.6) is 0 Å². The standard InChI is InChI=1S/C27H19F5N6O4/c28-15-7-14-10-36(25(41)37-12-26(29,30)42-27(31,32)13-37)6-5-35-11-17(16(8-15)22(14)35)20-21(24(40)34-23(20)39)18-9-33-19-3-1-2-4-38(18)19/h1-4,7-9,11H,5-6,10,12-13H2,(H,34,39,40). The smallest absolute Gasteiger partial charge is 0.345 e. The number of nitrogens with zero attached hydrogens (tertiary/aromatic N) is 5. The zero-order chi connectivity index (χ0) is 29.6. The first-order valence-electron chi connectivity index (χ1n) is 12.7. The summed E-state index contributed by atoms with van der Waals surface area (Å²) < 4.78 is 77.0. The summed E-state index contributed by atoms with van der Waals surface area (Å²) in [4.78, 5) is 44.9. The van der Waals surface area contributed by atoms with Gasteiger partial charge >= 0.3 is 18.2 Å².